The number of allylic oxidation sites excluding steroid dienone is 2. The standard InChI is InChI=1S/C18H26N4/c1-5-6-17(13(2)11-18(19)20-4)22-10-9-16-15(12-22)8-7-14(3)21-16/h6-8,11H,5,9-10,12H2,1-4H3,(H2,19,20)/b13-11-,17-6-. The van der Waals surface area contributed by atoms with E-state index in [4.69, 9.17) is 5.73 Å². The molecule has 2 heterocycles. The number of nitrogens with zero attached hydrogens (tertiary/aromatic N) is 3. The van der Waals surface area contributed by atoms with Gasteiger partial charge >= 0.3 is 0 Å². The van der Waals surface area contributed by atoms with Crippen molar-refractivity contribution in [2.45, 2.75) is 40.2 Å². The molecule has 0 fully saturated rings. The number of aryl methyl sites for hydroxylation is 1. The van der Waals surface area contributed by atoms with Gasteiger partial charge in [-0.3, -0.25) is 9.98 Å². The first-order chi connectivity index (χ1) is 10.5. The third kappa shape index (κ3) is 3.75. The van der Waals surface area contributed by atoms with Crippen molar-refractivity contribution in [3.63, 3.8) is 0 Å². The molecular weight excluding hydrogens is 272 g/mol. The van der Waals surface area contributed by atoms with E-state index in [1.165, 1.54) is 17.0 Å². The molecule has 2 rings (SSSR count). The van der Waals surface area contributed by atoms with Gasteiger partial charge in [-0.2, -0.15) is 0 Å². The van der Waals surface area contributed by atoms with E-state index < -0.39 is 0 Å². The molecule has 0 saturated heterocycles. The molecule has 1 aliphatic heterocycles. The monoisotopic (exact) mass is 298 g/mol. The van der Waals surface area contributed by atoms with Crippen LogP contribution in [0.15, 0.2) is 40.5 Å². The molecule has 4 nitrogen and oxygen atoms in total. The average molecular weight is 298 g/mol. The lowest BCUT2D eigenvalue weighted by atomic mass is 10.0. The fraction of sp³-hybridized carbons (Fsp3) is 0.444. The minimum Gasteiger partial charge on any atom is -0.384 e. The number of fused-ring (bicyclic) bond motifs is 1. The van der Waals surface area contributed by atoms with Crippen molar-refractivity contribution in [2.75, 3.05) is 13.6 Å². The SMILES string of the molecule is CC/C=C(/C(C)=C\C(N)=NC)N1CCc2nc(C)ccc2C1. The Labute approximate surface area is 133 Å². The molecule has 1 aromatic heterocycles. The van der Waals surface area contributed by atoms with Crippen LogP contribution in [0.25, 0.3) is 0 Å². The van der Waals surface area contributed by atoms with Crippen LogP contribution in [0.5, 0.6) is 0 Å². The Hall–Kier alpha value is -2.10. The first-order valence-electron chi connectivity index (χ1n) is 7.86. The van der Waals surface area contributed by atoms with E-state index in [2.05, 4.69) is 53.9 Å². The largest absolute Gasteiger partial charge is 0.384 e. The van der Waals surface area contributed by atoms with Crippen LogP contribution in [-0.4, -0.2) is 29.3 Å². The third-order valence-corrected chi connectivity index (χ3v) is 3.95. The first kappa shape index (κ1) is 16.3. The molecule has 0 radical (unpaired) electrons. The van der Waals surface area contributed by atoms with Gasteiger partial charge in [-0.15, -0.1) is 0 Å². The van der Waals surface area contributed by atoms with E-state index in [-0.39, 0.29) is 0 Å². The summed E-state index contributed by atoms with van der Waals surface area (Å²) >= 11 is 0. The van der Waals surface area contributed by atoms with Crippen molar-refractivity contribution in [3.8, 4) is 0 Å². The molecule has 118 valence electrons. The van der Waals surface area contributed by atoms with E-state index in [9.17, 15) is 0 Å². The Morgan fingerprint density at radius 2 is 2.23 bits per heavy atom. The van der Waals surface area contributed by atoms with Crippen LogP contribution in [0.3, 0.4) is 0 Å². The first-order valence-corrected chi connectivity index (χ1v) is 7.86. The van der Waals surface area contributed by atoms with Gasteiger partial charge in [0.2, 0.25) is 0 Å². The van der Waals surface area contributed by atoms with Crippen LogP contribution >= 0.6 is 0 Å². The van der Waals surface area contributed by atoms with Crippen molar-refractivity contribution in [2.24, 2.45) is 10.7 Å². The highest BCUT2D eigenvalue weighted by Gasteiger charge is 2.19. The summed E-state index contributed by atoms with van der Waals surface area (Å²) in [4.78, 5) is 11.1. The molecule has 0 amide bonds. The van der Waals surface area contributed by atoms with Crippen molar-refractivity contribution in [3.05, 3.63) is 52.5 Å². The molecule has 2 N–H and O–H groups in total. The number of hydrogen-bond acceptors (Lipinski definition) is 3. The topological polar surface area (TPSA) is 54.5 Å². The highest BCUT2D eigenvalue weighted by molar-refractivity contribution is 5.92. The van der Waals surface area contributed by atoms with Crippen molar-refractivity contribution < 1.29 is 0 Å². The van der Waals surface area contributed by atoms with Crippen molar-refractivity contribution in [1.82, 2.24) is 9.88 Å². The lowest BCUT2D eigenvalue weighted by molar-refractivity contribution is 0.323. The van der Waals surface area contributed by atoms with Gasteiger partial charge in [0.1, 0.15) is 5.84 Å². The number of rotatable bonds is 4. The molecular formula is C18H26N4. The lowest BCUT2D eigenvalue weighted by Gasteiger charge is -2.33. The van der Waals surface area contributed by atoms with Crippen LogP contribution in [0.4, 0.5) is 0 Å². The van der Waals surface area contributed by atoms with Gasteiger partial charge < -0.3 is 10.6 Å². The lowest BCUT2D eigenvalue weighted by Crippen LogP contribution is -2.31. The van der Waals surface area contributed by atoms with Gasteiger partial charge in [-0.05, 0) is 43.5 Å². The average Bonchev–Trinajstić information content (AvgIpc) is 2.51. The Balaban J connectivity index is 2.27. The van der Waals surface area contributed by atoms with Gasteiger partial charge in [-0.25, -0.2) is 0 Å². The highest BCUT2D eigenvalue weighted by atomic mass is 15.1. The molecule has 0 aliphatic carbocycles. The molecule has 0 saturated carbocycles. The number of hydrogen-bond donors (Lipinski definition) is 1. The van der Waals surface area contributed by atoms with Gasteiger partial charge in [0.15, 0.2) is 0 Å². The number of amidine groups is 1. The van der Waals surface area contributed by atoms with Crippen LogP contribution in [-0.2, 0) is 13.0 Å². The molecule has 0 aromatic carbocycles. The quantitative estimate of drug-likeness (QED) is 0.528. The van der Waals surface area contributed by atoms with Gasteiger partial charge in [-0.1, -0.05) is 19.1 Å². The van der Waals surface area contributed by atoms with E-state index >= 15 is 0 Å². The zero-order chi connectivity index (χ0) is 16.1. The molecule has 0 spiro atoms. The number of aliphatic imine (C=N–C) groups is 1. The second-order valence-corrected chi connectivity index (χ2v) is 5.70. The molecule has 0 bridgehead atoms. The molecule has 0 unspecified atom stereocenters. The van der Waals surface area contributed by atoms with Gasteiger partial charge in [0, 0.05) is 43.6 Å². The fourth-order valence-corrected chi connectivity index (χ4v) is 2.82. The Morgan fingerprint density at radius 3 is 2.91 bits per heavy atom. The maximum absolute atomic E-state index is 5.85. The summed E-state index contributed by atoms with van der Waals surface area (Å²) in [5.41, 5.74) is 11.9. The number of nitrogens with two attached hydrogens (primary N) is 1. The van der Waals surface area contributed by atoms with Crippen LogP contribution in [0.1, 0.15) is 37.2 Å². The summed E-state index contributed by atoms with van der Waals surface area (Å²) in [5, 5.41) is 0. The molecule has 4 heteroatoms. The maximum Gasteiger partial charge on any atom is 0.118 e. The van der Waals surface area contributed by atoms with E-state index in [0.717, 1.165) is 37.2 Å². The predicted molar refractivity (Wildman–Crippen MR) is 92.8 cm³/mol. The maximum atomic E-state index is 5.85. The van der Waals surface area contributed by atoms with Crippen molar-refractivity contribution in [1.29, 1.82) is 0 Å². The van der Waals surface area contributed by atoms with Crippen LogP contribution in [0.2, 0.25) is 0 Å². The van der Waals surface area contributed by atoms with E-state index in [1.54, 1.807) is 7.05 Å². The summed E-state index contributed by atoms with van der Waals surface area (Å²) < 4.78 is 0. The minimum absolute atomic E-state index is 0.564. The Bertz CT molecular complexity index is 626. The predicted octanol–water partition coefficient (Wildman–Crippen LogP) is 2.98. The Kier molecular flexibility index (Phi) is 5.36. The zero-order valence-corrected chi connectivity index (χ0v) is 14.1. The van der Waals surface area contributed by atoms with Gasteiger partial charge in [0.05, 0.1) is 0 Å². The van der Waals surface area contributed by atoms with E-state index in [0.29, 0.717) is 5.84 Å². The molecule has 1 aliphatic rings. The van der Waals surface area contributed by atoms with Crippen LogP contribution < -0.4 is 5.73 Å². The normalized spacial score (nSPS) is 16.7. The number of aromatic nitrogens is 1. The van der Waals surface area contributed by atoms with Gasteiger partial charge in [0.25, 0.3) is 0 Å². The van der Waals surface area contributed by atoms with Crippen LogP contribution in [0, 0.1) is 6.92 Å². The highest BCUT2D eigenvalue weighted by Crippen LogP contribution is 2.25. The molecule has 22 heavy (non-hydrogen) atoms. The summed E-state index contributed by atoms with van der Waals surface area (Å²) in [7, 11) is 1.72. The number of pyridine rings is 1. The fourth-order valence-electron chi connectivity index (χ4n) is 2.82. The second kappa shape index (κ2) is 7.25. The summed E-state index contributed by atoms with van der Waals surface area (Å²) in [6, 6.07) is 4.30. The summed E-state index contributed by atoms with van der Waals surface area (Å²) in [5.74, 6) is 0.564. The molecule has 1 aromatic rings. The molecule has 0 atom stereocenters. The zero-order valence-electron chi connectivity index (χ0n) is 14.1. The summed E-state index contributed by atoms with van der Waals surface area (Å²) in [6.45, 7) is 8.21. The smallest absolute Gasteiger partial charge is 0.118 e. The van der Waals surface area contributed by atoms with E-state index in [1.807, 2.05) is 6.08 Å². The minimum atomic E-state index is 0.564. The second-order valence-electron chi connectivity index (χ2n) is 5.70. The third-order valence-electron chi connectivity index (χ3n) is 3.95. The Morgan fingerprint density at radius 1 is 1.45 bits per heavy atom. The van der Waals surface area contributed by atoms with Crippen molar-refractivity contribution >= 4 is 5.84 Å². The summed E-state index contributed by atoms with van der Waals surface area (Å²) in [6.07, 6.45) is 6.20.